The highest BCUT2D eigenvalue weighted by Crippen LogP contribution is 2.31. The van der Waals surface area contributed by atoms with Gasteiger partial charge in [0.2, 0.25) is 5.95 Å². The second kappa shape index (κ2) is 6.48. The molecule has 5 nitrogen and oxygen atoms in total. The van der Waals surface area contributed by atoms with Crippen LogP contribution < -0.4 is 16.0 Å². The molecule has 2 aromatic rings. The highest BCUT2D eigenvalue weighted by atomic mass is 35.5. The first kappa shape index (κ1) is 15.5. The summed E-state index contributed by atoms with van der Waals surface area (Å²) in [5, 5.41) is 4.25. The summed E-state index contributed by atoms with van der Waals surface area (Å²) >= 11 is 6.34. The van der Waals surface area contributed by atoms with E-state index < -0.39 is 0 Å². The van der Waals surface area contributed by atoms with Crippen LogP contribution in [0, 0.1) is 0 Å². The minimum atomic E-state index is 0.332. The number of aromatic nitrogens is 2. The van der Waals surface area contributed by atoms with E-state index in [1.54, 1.807) is 0 Å². The largest absolute Gasteiger partial charge is 0.368 e. The Bertz CT molecular complexity index is 731. The first-order chi connectivity index (χ1) is 11.7. The Morgan fingerprint density at radius 3 is 2.83 bits per heavy atom. The highest BCUT2D eigenvalue weighted by Gasteiger charge is 2.28. The molecule has 4 rings (SSSR count). The van der Waals surface area contributed by atoms with Gasteiger partial charge in [0, 0.05) is 29.7 Å². The molecule has 1 aliphatic carbocycles. The number of rotatable bonds is 5. The molecule has 1 aromatic heterocycles. The number of nitrogen functional groups attached to an aromatic ring is 1. The predicted octanol–water partition coefficient (Wildman–Crippen LogP) is 3.50. The number of nitrogens with zero attached hydrogens (tertiary/aromatic N) is 3. The standard InChI is InChI=1S/C18H22ClN5/c19-15-6-2-1-4-12(15)10-14-5-3-9-24(14)17-11-16(21-13-7-8-13)22-18(20)23-17/h1-2,4,6,11,13-14H,3,5,7-10H2,(H3,20,21,22,23)/t14-/m0/s1. The van der Waals surface area contributed by atoms with Gasteiger partial charge >= 0.3 is 0 Å². The smallest absolute Gasteiger partial charge is 0.223 e. The lowest BCUT2D eigenvalue weighted by molar-refractivity contribution is 0.658. The minimum Gasteiger partial charge on any atom is -0.368 e. The maximum Gasteiger partial charge on any atom is 0.223 e. The van der Waals surface area contributed by atoms with Crippen LogP contribution in [0.4, 0.5) is 17.6 Å². The van der Waals surface area contributed by atoms with Crippen molar-refractivity contribution in [1.82, 2.24) is 9.97 Å². The zero-order chi connectivity index (χ0) is 16.5. The number of nitrogens with one attached hydrogen (secondary N) is 1. The van der Waals surface area contributed by atoms with Crippen LogP contribution in [0.1, 0.15) is 31.2 Å². The molecule has 24 heavy (non-hydrogen) atoms. The van der Waals surface area contributed by atoms with Gasteiger partial charge in [-0.15, -0.1) is 0 Å². The Morgan fingerprint density at radius 2 is 2.04 bits per heavy atom. The Balaban J connectivity index is 1.55. The van der Waals surface area contributed by atoms with Gasteiger partial charge in [0.15, 0.2) is 0 Å². The van der Waals surface area contributed by atoms with E-state index in [0.717, 1.165) is 42.5 Å². The zero-order valence-electron chi connectivity index (χ0n) is 13.6. The third-order valence-corrected chi connectivity index (χ3v) is 5.11. The lowest BCUT2D eigenvalue weighted by Crippen LogP contribution is -2.32. The number of hydrogen-bond acceptors (Lipinski definition) is 5. The van der Waals surface area contributed by atoms with Crippen LogP contribution in [-0.2, 0) is 6.42 Å². The molecule has 0 unspecified atom stereocenters. The SMILES string of the molecule is Nc1nc(NC2CC2)cc(N2CCC[C@H]2Cc2ccccc2Cl)n1. The molecular weight excluding hydrogens is 322 g/mol. The Kier molecular flexibility index (Phi) is 4.19. The fourth-order valence-electron chi connectivity index (χ4n) is 3.38. The summed E-state index contributed by atoms with van der Waals surface area (Å²) in [5.74, 6) is 2.09. The second-order valence-corrected chi connectivity index (χ2v) is 7.08. The van der Waals surface area contributed by atoms with Gasteiger partial charge in [-0.2, -0.15) is 9.97 Å². The van der Waals surface area contributed by atoms with E-state index in [9.17, 15) is 0 Å². The predicted molar refractivity (Wildman–Crippen MR) is 98.6 cm³/mol. The first-order valence-corrected chi connectivity index (χ1v) is 8.98. The van der Waals surface area contributed by atoms with Crippen molar-refractivity contribution in [3.05, 3.63) is 40.9 Å². The van der Waals surface area contributed by atoms with Crippen LogP contribution in [0.15, 0.2) is 30.3 Å². The van der Waals surface area contributed by atoms with Crippen molar-refractivity contribution in [2.24, 2.45) is 0 Å². The first-order valence-electron chi connectivity index (χ1n) is 8.60. The molecule has 0 spiro atoms. The third-order valence-electron chi connectivity index (χ3n) is 4.74. The summed E-state index contributed by atoms with van der Waals surface area (Å²) in [6, 6.07) is 11.0. The van der Waals surface area contributed by atoms with Gasteiger partial charge in [-0.1, -0.05) is 29.8 Å². The van der Waals surface area contributed by atoms with Gasteiger partial charge in [0.25, 0.3) is 0 Å². The maximum atomic E-state index is 6.34. The molecule has 2 fully saturated rings. The number of hydrogen-bond donors (Lipinski definition) is 2. The molecule has 0 radical (unpaired) electrons. The highest BCUT2D eigenvalue weighted by molar-refractivity contribution is 6.31. The Hall–Kier alpha value is -2.01. The molecule has 1 aromatic carbocycles. The van der Waals surface area contributed by atoms with Crippen molar-refractivity contribution in [1.29, 1.82) is 0 Å². The Morgan fingerprint density at radius 1 is 1.21 bits per heavy atom. The number of benzene rings is 1. The van der Waals surface area contributed by atoms with Crippen molar-refractivity contribution in [3.63, 3.8) is 0 Å². The van der Waals surface area contributed by atoms with Crippen LogP contribution in [0.3, 0.4) is 0 Å². The second-order valence-electron chi connectivity index (χ2n) is 6.67. The van der Waals surface area contributed by atoms with Crippen LogP contribution in [0.25, 0.3) is 0 Å². The van der Waals surface area contributed by atoms with Crippen molar-refractivity contribution in [2.45, 2.75) is 44.2 Å². The number of halogens is 1. The summed E-state index contributed by atoms with van der Waals surface area (Å²) in [7, 11) is 0. The van der Waals surface area contributed by atoms with E-state index in [1.165, 1.54) is 18.4 Å². The monoisotopic (exact) mass is 343 g/mol. The van der Waals surface area contributed by atoms with Crippen LogP contribution >= 0.6 is 11.6 Å². The third kappa shape index (κ3) is 3.41. The summed E-state index contributed by atoms with van der Waals surface area (Å²) in [6.07, 6.45) is 5.63. The molecule has 1 saturated carbocycles. The molecule has 2 heterocycles. The van der Waals surface area contributed by atoms with E-state index in [0.29, 0.717) is 18.0 Å². The van der Waals surface area contributed by atoms with Crippen LogP contribution in [0.2, 0.25) is 5.02 Å². The lowest BCUT2D eigenvalue weighted by Gasteiger charge is -2.26. The van der Waals surface area contributed by atoms with E-state index in [2.05, 4.69) is 26.3 Å². The van der Waals surface area contributed by atoms with Gasteiger partial charge in [-0.05, 0) is 43.7 Å². The molecular formula is C18H22ClN5. The molecule has 2 aliphatic rings. The van der Waals surface area contributed by atoms with Gasteiger partial charge < -0.3 is 16.0 Å². The number of anilines is 3. The van der Waals surface area contributed by atoms with Crippen molar-refractivity contribution in [3.8, 4) is 0 Å². The molecule has 3 N–H and O–H groups in total. The van der Waals surface area contributed by atoms with Gasteiger partial charge in [0.1, 0.15) is 11.6 Å². The van der Waals surface area contributed by atoms with Crippen molar-refractivity contribution in [2.75, 3.05) is 22.5 Å². The van der Waals surface area contributed by atoms with Gasteiger partial charge in [-0.25, -0.2) is 0 Å². The quantitative estimate of drug-likeness (QED) is 0.869. The molecule has 1 aliphatic heterocycles. The van der Waals surface area contributed by atoms with E-state index in [1.807, 2.05) is 24.3 Å². The maximum absolute atomic E-state index is 6.34. The molecule has 1 saturated heterocycles. The summed E-state index contributed by atoms with van der Waals surface area (Å²) in [4.78, 5) is 11.1. The van der Waals surface area contributed by atoms with Crippen LogP contribution in [0.5, 0.6) is 0 Å². The fourth-order valence-corrected chi connectivity index (χ4v) is 3.59. The molecule has 0 bridgehead atoms. The van der Waals surface area contributed by atoms with Crippen molar-refractivity contribution >= 4 is 29.2 Å². The molecule has 126 valence electrons. The normalized spacial score (nSPS) is 20.4. The van der Waals surface area contributed by atoms with E-state index in [-0.39, 0.29) is 0 Å². The van der Waals surface area contributed by atoms with Gasteiger partial charge in [0.05, 0.1) is 0 Å². The topological polar surface area (TPSA) is 67.1 Å². The molecule has 6 heteroatoms. The number of nitrogens with two attached hydrogens (primary N) is 1. The lowest BCUT2D eigenvalue weighted by atomic mass is 10.0. The Labute approximate surface area is 147 Å². The van der Waals surface area contributed by atoms with Crippen LogP contribution in [-0.4, -0.2) is 28.6 Å². The average molecular weight is 344 g/mol. The van der Waals surface area contributed by atoms with E-state index in [4.69, 9.17) is 17.3 Å². The average Bonchev–Trinajstić information content (AvgIpc) is 3.24. The van der Waals surface area contributed by atoms with Crippen molar-refractivity contribution < 1.29 is 0 Å². The molecule has 1 atom stereocenters. The molecule has 0 amide bonds. The summed E-state index contributed by atoms with van der Waals surface area (Å²) in [6.45, 7) is 0.994. The van der Waals surface area contributed by atoms with Gasteiger partial charge in [-0.3, -0.25) is 0 Å². The zero-order valence-corrected chi connectivity index (χ0v) is 14.3. The summed E-state index contributed by atoms with van der Waals surface area (Å²) < 4.78 is 0. The van der Waals surface area contributed by atoms with E-state index >= 15 is 0 Å². The fraction of sp³-hybridized carbons (Fsp3) is 0.444. The minimum absolute atomic E-state index is 0.332. The summed E-state index contributed by atoms with van der Waals surface area (Å²) in [5.41, 5.74) is 7.12.